The van der Waals surface area contributed by atoms with Crippen LogP contribution in [0.15, 0.2) is 24.4 Å². The maximum absolute atomic E-state index is 14.4. The molecule has 28 heavy (non-hydrogen) atoms. The summed E-state index contributed by atoms with van der Waals surface area (Å²) in [6, 6.07) is 6.22. The van der Waals surface area contributed by atoms with Crippen molar-refractivity contribution in [1.82, 2.24) is 20.6 Å². The number of nitrogens with zero attached hydrogens (tertiary/aromatic N) is 3. The smallest absolute Gasteiger partial charge is 0.251 e. The fraction of sp³-hybridized carbons (Fsp3) is 0.450. The second kappa shape index (κ2) is 7.71. The molecule has 8 heteroatoms. The van der Waals surface area contributed by atoms with Gasteiger partial charge in [0.05, 0.1) is 6.20 Å². The molecule has 2 saturated heterocycles. The number of hydrogen-bond donors (Lipinski definition) is 3. The quantitative estimate of drug-likeness (QED) is 0.734. The fourth-order valence-corrected chi connectivity index (χ4v) is 3.99. The molecule has 0 aliphatic carbocycles. The van der Waals surface area contributed by atoms with Crippen LogP contribution in [0.5, 0.6) is 0 Å². The van der Waals surface area contributed by atoms with E-state index in [0.717, 1.165) is 37.2 Å². The Hall–Kier alpha value is -2.74. The second-order valence-electron chi connectivity index (χ2n) is 7.42. The average molecular weight is 384 g/mol. The van der Waals surface area contributed by atoms with E-state index in [9.17, 15) is 9.18 Å². The average Bonchev–Trinajstić information content (AvgIpc) is 3.01. The molecule has 2 aromatic rings. The van der Waals surface area contributed by atoms with Crippen molar-refractivity contribution >= 4 is 23.4 Å². The molecular formula is C20H25FN6O. The summed E-state index contributed by atoms with van der Waals surface area (Å²) in [6.45, 7) is 5.85. The van der Waals surface area contributed by atoms with Gasteiger partial charge in [0, 0.05) is 43.0 Å². The Kier molecular flexibility index (Phi) is 5.13. The van der Waals surface area contributed by atoms with Crippen LogP contribution in [0, 0.1) is 12.7 Å². The third-order valence-corrected chi connectivity index (χ3v) is 5.31. The molecular weight excluding hydrogens is 359 g/mol. The van der Waals surface area contributed by atoms with E-state index in [1.54, 1.807) is 12.1 Å². The van der Waals surface area contributed by atoms with Gasteiger partial charge in [0.2, 0.25) is 5.95 Å². The van der Waals surface area contributed by atoms with Crippen LogP contribution < -0.4 is 20.9 Å². The third kappa shape index (κ3) is 3.77. The molecule has 0 unspecified atom stereocenters. The standard InChI is InChI=1S/C20H25FN6O/c1-3-22-19(28)16-7-6-13(8-12(16)2)25-20-23-9-17(21)18(26-20)27-10-14-4-5-15(11-27)24-14/h6-9,14-15,24H,3-5,10-11H2,1-2H3,(H,22,28)(H,23,25,26)/t14-,15+. The fourth-order valence-electron chi connectivity index (χ4n) is 3.99. The van der Waals surface area contributed by atoms with Crippen LogP contribution in [-0.2, 0) is 0 Å². The van der Waals surface area contributed by atoms with Crippen molar-refractivity contribution in [3.63, 3.8) is 0 Å². The number of halogens is 1. The van der Waals surface area contributed by atoms with E-state index < -0.39 is 5.82 Å². The van der Waals surface area contributed by atoms with Crippen molar-refractivity contribution in [3.8, 4) is 0 Å². The minimum atomic E-state index is -0.408. The van der Waals surface area contributed by atoms with E-state index in [1.165, 1.54) is 6.20 Å². The van der Waals surface area contributed by atoms with Crippen LogP contribution in [0.2, 0.25) is 0 Å². The molecule has 2 aliphatic heterocycles. The first-order chi connectivity index (χ1) is 13.5. The predicted molar refractivity (Wildman–Crippen MR) is 107 cm³/mol. The first-order valence-corrected chi connectivity index (χ1v) is 9.73. The highest BCUT2D eigenvalue weighted by molar-refractivity contribution is 5.96. The highest BCUT2D eigenvalue weighted by atomic mass is 19.1. The summed E-state index contributed by atoms with van der Waals surface area (Å²) in [4.78, 5) is 22.6. The zero-order valence-corrected chi connectivity index (χ0v) is 16.1. The molecule has 3 heterocycles. The van der Waals surface area contributed by atoms with Crippen LogP contribution in [0.25, 0.3) is 0 Å². The number of fused-ring (bicyclic) bond motifs is 2. The SMILES string of the molecule is CCNC(=O)c1ccc(Nc2ncc(F)c(N3C[C@H]4CC[C@@H](C3)N4)n2)cc1C. The van der Waals surface area contributed by atoms with Crippen LogP contribution in [-0.4, -0.2) is 47.6 Å². The number of anilines is 3. The molecule has 2 atom stereocenters. The number of rotatable bonds is 5. The van der Waals surface area contributed by atoms with E-state index >= 15 is 0 Å². The molecule has 0 spiro atoms. The van der Waals surface area contributed by atoms with Gasteiger partial charge >= 0.3 is 0 Å². The summed E-state index contributed by atoms with van der Waals surface area (Å²) in [7, 11) is 0. The summed E-state index contributed by atoms with van der Waals surface area (Å²) in [5.74, 6) is 0.175. The highest BCUT2D eigenvalue weighted by Gasteiger charge is 2.33. The molecule has 7 nitrogen and oxygen atoms in total. The Labute approximate surface area is 163 Å². The Morgan fingerprint density at radius 1 is 1.32 bits per heavy atom. The first-order valence-electron chi connectivity index (χ1n) is 9.73. The van der Waals surface area contributed by atoms with E-state index in [4.69, 9.17) is 0 Å². The van der Waals surface area contributed by atoms with Gasteiger partial charge < -0.3 is 20.9 Å². The lowest BCUT2D eigenvalue weighted by atomic mass is 10.1. The van der Waals surface area contributed by atoms with Crippen molar-refractivity contribution in [2.75, 3.05) is 29.9 Å². The largest absolute Gasteiger partial charge is 0.352 e. The summed E-state index contributed by atoms with van der Waals surface area (Å²) in [5.41, 5.74) is 2.23. The molecule has 4 rings (SSSR count). The van der Waals surface area contributed by atoms with E-state index in [2.05, 4.69) is 25.9 Å². The summed E-state index contributed by atoms with van der Waals surface area (Å²) < 4.78 is 14.4. The van der Waals surface area contributed by atoms with E-state index in [1.807, 2.05) is 24.8 Å². The summed E-state index contributed by atoms with van der Waals surface area (Å²) in [5, 5.41) is 9.46. The van der Waals surface area contributed by atoms with Crippen molar-refractivity contribution in [2.45, 2.75) is 38.8 Å². The number of carbonyl (C=O) groups is 1. The van der Waals surface area contributed by atoms with Gasteiger partial charge in [-0.1, -0.05) is 0 Å². The van der Waals surface area contributed by atoms with Crippen molar-refractivity contribution in [1.29, 1.82) is 0 Å². The Balaban J connectivity index is 1.52. The molecule has 0 radical (unpaired) electrons. The van der Waals surface area contributed by atoms with Gasteiger partial charge in [-0.2, -0.15) is 4.98 Å². The normalized spacial score (nSPS) is 20.9. The van der Waals surface area contributed by atoms with Gasteiger partial charge in [-0.3, -0.25) is 4.79 Å². The number of carbonyl (C=O) groups excluding carboxylic acids is 1. The van der Waals surface area contributed by atoms with Crippen LogP contribution in [0.3, 0.4) is 0 Å². The minimum Gasteiger partial charge on any atom is -0.352 e. The number of amides is 1. The van der Waals surface area contributed by atoms with Gasteiger partial charge in [-0.15, -0.1) is 0 Å². The minimum absolute atomic E-state index is 0.0970. The van der Waals surface area contributed by atoms with Gasteiger partial charge in [0.25, 0.3) is 5.91 Å². The number of benzene rings is 1. The summed E-state index contributed by atoms with van der Waals surface area (Å²) >= 11 is 0. The second-order valence-corrected chi connectivity index (χ2v) is 7.42. The third-order valence-electron chi connectivity index (χ3n) is 5.31. The Morgan fingerprint density at radius 2 is 2.07 bits per heavy atom. The molecule has 2 bridgehead atoms. The molecule has 2 aliphatic rings. The first kappa shape index (κ1) is 18.6. The van der Waals surface area contributed by atoms with Crippen LogP contribution in [0.4, 0.5) is 21.8 Å². The maximum Gasteiger partial charge on any atom is 0.251 e. The number of hydrogen-bond acceptors (Lipinski definition) is 6. The van der Waals surface area contributed by atoms with Crippen molar-refractivity contribution in [2.24, 2.45) is 0 Å². The monoisotopic (exact) mass is 384 g/mol. The molecule has 0 saturated carbocycles. The number of aromatic nitrogens is 2. The van der Waals surface area contributed by atoms with Crippen LogP contribution in [0.1, 0.15) is 35.7 Å². The number of piperazine rings is 1. The predicted octanol–water partition coefficient (Wildman–Crippen LogP) is 2.36. The lowest BCUT2D eigenvalue weighted by Crippen LogP contribution is -2.51. The molecule has 2 fully saturated rings. The lowest BCUT2D eigenvalue weighted by molar-refractivity contribution is 0.0955. The van der Waals surface area contributed by atoms with Gasteiger partial charge in [-0.05, 0) is 50.5 Å². The summed E-state index contributed by atoms with van der Waals surface area (Å²) in [6.07, 6.45) is 3.46. The van der Waals surface area contributed by atoms with E-state index in [0.29, 0.717) is 36.0 Å². The maximum atomic E-state index is 14.4. The number of nitrogens with one attached hydrogen (secondary N) is 3. The van der Waals surface area contributed by atoms with Crippen molar-refractivity contribution in [3.05, 3.63) is 41.3 Å². The van der Waals surface area contributed by atoms with Crippen LogP contribution >= 0.6 is 0 Å². The molecule has 148 valence electrons. The topological polar surface area (TPSA) is 82.2 Å². The molecule has 1 aromatic carbocycles. The van der Waals surface area contributed by atoms with Gasteiger partial charge in [0.1, 0.15) is 0 Å². The van der Waals surface area contributed by atoms with Crippen molar-refractivity contribution < 1.29 is 9.18 Å². The highest BCUT2D eigenvalue weighted by Crippen LogP contribution is 2.27. The molecule has 1 aromatic heterocycles. The van der Waals surface area contributed by atoms with Gasteiger partial charge in [0.15, 0.2) is 11.6 Å². The molecule has 1 amide bonds. The zero-order chi connectivity index (χ0) is 19.7. The van der Waals surface area contributed by atoms with Gasteiger partial charge in [-0.25, -0.2) is 9.37 Å². The molecule has 3 N–H and O–H groups in total. The zero-order valence-electron chi connectivity index (χ0n) is 16.1. The Bertz CT molecular complexity index is 877. The Morgan fingerprint density at radius 3 is 2.75 bits per heavy atom. The lowest BCUT2D eigenvalue weighted by Gasteiger charge is -2.33. The van der Waals surface area contributed by atoms with E-state index in [-0.39, 0.29) is 5.91 Å². The number of aryl methyl sites for hydroxylation is 1.